The Hall–Kier alpha value is -1.37. The third-order valence-corrected chi connectivity index (χ3v) is 2.80. The lowest BCUT2D eigenvalue weighted by Crippen LogP contribution is -2.17. The van der Waals surface area contributed by atoms with Crippen LogP contribution in [0.2, 0.25) is 0 Å². The van der Waals surface area contributed by atoms with Crippen LogP contribution in [0, 0.1) is 6.92 Å². The molecule has 2 rings (SSSR count). The summed E-state index contributed by atoms with van der Waals surface area (Å²) in [4.78, 5) is 5.09. The molecular formula is C9H8F3N3S. The topological polar surface area (TPSA) is 30.7 Å². The lowest BCUT2D eigenvalue weighted by Gasteiger charge is -2.04. The average Bonchev–Trinajstić information content (AvgIpc) is 2.71. The molecule has 0 radical (unpaired) electrons. The maximum absolute atomic E-state index is 12.1. The van der Waals surface area contributed by atoms with Gasteiger partial charge in [0, 0.05) is 22.8 Å². The molecule has 0 aliphatic carbocycles. The van der Waals surface area contributed by atoms with Crippen LogP contribution in [0.15, 0.2) is 18.6 Å². The van der Waals surface area contributed by atoms with E-state index < -0.39 is 12.7 Å². The van der Waals surface area contributed by atoms with Crippen LogP contribution < -0.4 is 0 Å². The van der Waals surface area contributed by atoms with Crippen molar-refractivity contribution in [1.82, 2.24) is 14.8 Å². The molecule has 2 aromatic rings. The van der Waals surface area contributed by atoms with Crippen LogP contribution in [-0.2, 0) is 6.54 Å². The first-order valence-electron chi connectivity index (χ1n) is 4.46. The summed E-state index contributed by atoms with van der Waals surface area (Å²) in [5.41, 5.74) is 0.613. The molecule has 0 aliphatic heterocycles. The Morgan fingerprint density at radius 2 is 2.12 bits per heavy atom. The lowest BCUT2D eigenvalue weighted by molar-refractivity contribution is -0.142. The van der Waals surface area contributed by atoms with Crippen molar-refractivity contribution in [2.24, 2.45) is 0 Å². The zero-order valence-electron chi connectivity index (χ0n) is 8.32. The van der Waals surface area contributed by atoms with Gasteiger partial charge < -0.3 is 0 Å². The largest absolute Gasteiger partial charge is 0.408 e. The Kier molecular flexibility index (Phi) is 2.71. The molecule has 0 unspecified atom stereocenters. The van der Waals surface area contributed by atoms with Gasteiger partial charge in [0.2, 0.25) is 0 Å². The Bertz CT molecular complexity index is 486. The zero-order valence-corrected chi connectivity index (χ0v) is 9.14. The van der Waals surface area contributed by atoms with Gasteiger partial charge in [-0.25, -0.2) is 4.98 Å². The van der Waals surface area contributed by atoms with Crippen LogP contribution in [0.4, 0.5) is 13.2 Å². The van der Waals surface area contributed by atoms with Crippen molar-refractivity contribution in [2.75, 3.05) is 0 Å². The van der Waals surface area contributed by atoms with E-state index in [0.717, 1.165) is 9.56 Å². The van der Waals surface area contributed by atoms with Gasteiger partial charge in [-0.2, -0.15) is 18.3 Å². The van der Waals surface area contributed by atoms with E-state index in [-0.39, 0.29) is 0 Å². The minimum absolute atomic E-state index is 0.613. The molecule has 0 aliphatic rings. The quantitative estimate of drug-likeness (QED) is 0.817. The molecule has 0 amide bonds. The highest BCUT2D eigenvalue weighted by Gasteiger charge is 2.28. The number of alkyl halides is 3. The SMILES string of the molecule is Cc1cnc(-c2cnn(CC(F)(F)F)c2)s1. The fourth-order valence-electron chi connectivity index (χ4n) is 1.23. The van der Waals surface area contributed by atoms with Crippen molar-refractivity contribution >= 4 is 11.3 Å². The maximum Gasteiger partial charge on any atom is 0.408 e. The first kappa shape index (κ1) is 11.1. The highest BCUT2D eigenvalue weighted by Crippen LogP contribution is 2.25. The van der Waals surface area contributed by atoms with Crippen molar-refractivity contribution in [2.45, 2.75) is 19.6 Å². The summed E-state index contributed by atoms with van der Waals surface area (Å²) in [5.74, 6) is 0. The normalized spacial score (nSPS) is 12.0. The van der Waals surface area contributed by atoms with Gasteiger partial charge in [0.05, 0.1) is 6.20 Å². The molecule has 7 heteroatoms. The molecule has 0 aromatic carbocycles. The van der Waals surface area contributed by atoms with Crippen LogP contribution in [-0.4, -0.2) is 20.9 Å². The van der Waals surface area contributed by atoms with Gasteiger partial charge in [-0.3, -0.25) is 4.68 Å². The van der Waals surface area contributed by atoms with Crippen LogP contribution >= 0.6 is 11.3 Å². The minimum atomic E-state index is -4.25. The summed E-state index contributed by atoms with van der Waals surface area (Å²) < 4.78 is 37.1. The van der Waals surface area contributed by atoms with Gasteiger partial charge in [-0.15, -0.1) is 11.3 Å². The smallest absolute Gasteiger partial charge is 0.263 e. The monoisotopic (exact) mass is 247 g/mol. The van der Waals surface area contributed by atoms with Gasteiger partial charge in [-0.1, -0.05) is 0 Å². The maximum atomic E-state index is 12.1. The molecule has 0 spiro atoms. The summed E-state index contributed by atoms with van der Waals surface area (Å²) in [6.45, 7) is 0.818. The third-order valence-electron chi connectivity index (χ3n) is 1.84. The Morgan fingerprint density at radius 3 is 2.69 bits per heavy atom. The summed E-state index contributed by atoms with van der Waals surface area (Å²) >= 11 is 1.43. The average molecular weight is 247 g/mol. The molecule has 0 atom stereocenters. The molecule has 0 fully saturated rings. The first-order valence-corrected chi connectivity index (χ1v) is 5.28. The molecular weight excluding hydrogens is 239 g/mol. The second-order valence-corrected chi connectivity index (χ2v) is 4.55. The van der Waals surface area contributed by atoms with Gasteiger partial charge in [0.1, 0.15) is 11.6 Å². The van der Waals surface area contributed by atoms with Gasteiger partial charge >= 0.3 is 6.18 Å². The third kappa shape index (κ3) is 2.60. The second-order valence-electron chi connectivity index (χ2n) is 3.32. The summed E-state index contributed by atoms with van der Waals surface area (Å²) in [6.07, 6.45) is 0.180. The number of aryl methyl sites for hydroxylation is 1. The van der Waals surface area contributed by atoms with Crippen molar-refractivity contribution < 1.29 is 13.2 Å². The highest BCUT2D eigenvalue weighted by molar-refractivity contribution is 7.14. The second kappa shape index (κ2) is 3.89. The molecule has 2 aromatic heterocycles. The van der Waals surface area contributed by atoms with Gasteiger partial charge in [0.25, 0.3) is 0 Å². The molecule has 86 valence electrons. The van der Waals surface area contributed by atoms with Gasteiger partial charge in [-0.05, 0) is 6.92 Å². The number of hydrogen-bond acceptors (Lipinski definition) is 3. The van der Waals surface area contributed by atoms with E-state index in [9.17, 15) is 13.2 Å². The molecule has 0 bridgehead atoms. The van der Waals surface area contributed by atoms with Crippen molar-refractivity contribution in [3.63, 3.8) is 0 Å². The number of nitrogens with zero attached hydrogens (tertiary/aromatic N) is 3. The number of rotatable bonds is 2. The van der Waals surface area contributed by atoms with E-state index >= 15 is 0 Å². The fraction of sp³-hybridized carbons (Fsp3) is 0.333. The first-order chi connectivity index (χ1) is 7.44. The van der Waals surface area contributed by atoms with E-state index in [1.807, 2.05) is 6.92 Å². The minimum Gasteiger partial charge on any atom is -0.263 e. The number of aromatic nitrogens is 3. The fourth-order valence-corrected chi connectivity index (χ4v) is 1.97. The predicted molar refractivity (Wildman–Crippen MR) is 54.1 cm³/mol. The Morgan fingerprint density at radius 1 is 1.38 bits per heavy atom. The lowest BCUT2D eigenvalue weighted by atomic mass is 10.4. The Labute approximate surface area is 93.5 Å². The number of thiazole rings is 1. The molecule has 16 heavy (non-hydrogen) atoms. The van der Waals surface area contributed by atoms with Crippen molar-refractivity contribution in [3.8, 4) is 10.6 Å². The number of hydrogen-bond donors (Lipinski definition) is 0. The van der Waals surface area contributed by atoms with E-state index in [0.29, 0.717) is 10.6 Å². The van der Waals surface area contributed by atoms with Crippen molar-refractivity contribution in [1.29, 1.82) is 0 Å². The molecule has 3 nitrogen and oxygen atoms in total. The summed E-state index contributed by atoms with van der Waals surface area (Å²) in [6, 6.07) is 0. The standard InChI is InChI=1S/C9H8F3N3S/c1-6-2-13-8(16-6)7-3-14-15(4-7)5-9(10,11)12/h2-4H,5H2,1H3. The summed E-state index contributed by atoms with van der Waals surface area (Å²) in [5, 5.41) is 4.34. The molecule has 0 saturated heterocycles. The highest BCUT2D eigenvalue weighted by atomic mass is 32.1. The van der Waals surface area contributed by atoms with Gasteiger partial charge in [0.15, 0.2) is 0 Å². The Balaban J connectivity index is 2.20. The van der Waals surface area contributed by atoms with E-state index in [1.54, 1.807) is 6.20 Å². The van der Waals surface area contributed by atoms with Crippen molar-refractivity contribution in [3.05, 3.63) is 23.5 Å². The van der Waals surface area contributed by atoms with Crippen LogP contribution in [0.25, 0.3) is 10.6 Å². The molecule has 0 N–H and O–H groups in total. The van der Waals surface area contributed by atoms with E-state index in [2.05, 4.69) is 10.1 Å². The molecule has 0 saturated carbocycles. The zero-order chi connectivity index (χ0) is 11.8. The van der Waals surface area contributed by atoms with E-state index in [1.165, 1.54) is 23.7 Å². The van der Waals surface area contributed by atoms with Crippen LogP contribution in [0.3, 0.4) is 0 Å². The van der Waals surface area contributed by atoms with Crippen LogP contribution in [0.5, 0.6) is 0 Å². The number of halogens is 3. The predicted octanol–water partition coefficient (Wildman–Crippen LogP) is 2.88. The summed E-state index contributed by atoms with van der Waals surface area (Å²) in [7, 11) is 0. The van der Waals surface area contributed by atoms with Crippen LogP contribution in [0.1, 0.15) is 4.88 Å². The van der Waals surface area contributed by atoms with E-state index in [4.69, 9.17) is 0 Å². The molecule has 2 heterocycles.